The van der Waals surface area contributed by atoms with Crippen molar-refractivity contribution in [1.82, 2.24) is 0 Å². The second-order valence-electron chi connectivity index (χ2n) is 9.39. The number of carbonyl (C=O) groups is 2. The predicted octanol–water partition coefficient (Wildman–Crippen LogP) is 6.04. The molecule has 1 saturated heterocycles. The molecule has 4 rings (SSSR count). The number of Topliss-reactive ketones (excluding diaryl/α,β-unsaturated/α-hetero) is 1. The zero-order chi connectivity index (χ0) is 26.9. The second kappa shape index (κ2) is 10.7. The molecule has 0 radical (unpaired) electrons. The number of methoxy groups -OCH3 is 2. The fourth-order valence-corrected chi connectivity index (χ4v) is 5.34. The summed E-state index contributed by atoms with van der Waals surface area (Å²) in [4.78, 5) is 29.1. The van der Waals surface area contributed by atoms with E-state index in [2.05, 4.69) is 13.8 Å². The first-order chi connectivity index (χ1) is 17.7. The summed E-state index contributed by atoms with van der Waals surface area (Å²) >= 11 is 1.43. The van der Waals surface area contributed by atoms with E-state index in [0.717, 1.165) is 16.0 Å². The third-order valence-electron chi connectivity index (χ3n) is 6.23. The van der Waals surface area contributed by atoms with Gasteiger partial charge in [0, 0.05) is 28.6 Å². The molecule has 7 nitrogen and oxygen atoms in total. The van der Waals surface area contributed by atoms with Crippen LogP contribution < -0.4 is 19.1 Å². The number of hydrogen-bond donors (Lipinski definition) is 1. The molecular weight excluding hydrogens is 490 g/mol. The molecule has 3 aromatic rings. The molecule has 1 fully saturated rings. The summed E-state index contributed by atoms with van der Waals surface area (Å²) in [6.45, 7) is 8.51. The number of nitrogens with zero attached hydrogens (tertiary/aromatic N) is 1. The van der Waals surface area contributed by atoms with Crippen LogP contribution in [0.25, 0.3) is 5.76 Å². The van der Waals surface area contributed by atoms with Crippen molar-refractivity contribution in [2.75, 3.05) is 25.7 Å². The number of amides is 1. The Labute approximate surface area is 220 Å². The summed E-state index contributed by atoms with van der Waals surface area (Å²) in [6, 6.07) is 11.4. The first-order valence-electron chi connectivity index (χ1n) is 12.0. The van der Waals surface area contributed by atoms with Crippen LogP contribution in [0.3, 0.4) is 0 Å². The Morgan fingerprint density at radius 3 is 2.22 bits per heavy atom. The molecule has 2 aromatic carbocycles. The molecule has 1 aliphatic rings. The molecule has 8 heteroatoms. The lowest BCUT2D eigenvalue weighted by Gasteiger charge is -2.25. The van der Waals surface area contributed by atoms with E-state index in [9.17, 15) is 14.7 Å². The Hall–Kier alpha value is -3.78. The lowest BCUT2D eigenvalue weighted by Crippen LogP contribution is -2.29. The molecule has 2 heterocycles. The number of thiophene rings is 1. The highest BCUT2D eigenvalue weighted by atomic mass is 32.1. The van der Waals surface area contributed by atoms with Gasteiger partial charge in [0.1, 0.15) is 29.0 Å². The van der Waals surface area contributed by atoms with E-state index in [1.807, 2.05) is 25.3 Å². The number of aliphatic hydroxyl groups is 1. The summed E-state index contributed by atoms with van der Waals surface area (Å²) in [7, 11) is 3.04. The van der Waals surface area contributed by atoms with Crippen LogP contribution in [0, 0.1) is 19.8 Å². The molecule has 0 bridgehead atoms. The van der Waals surface area contributed by atoms with Gasteiger partial charge in [-0.15, -0.1) is 11.3 Å². The molecule has 0 aliphatic carbocycles. The van der Waals surface area contributed by atoms with E-state index in [4.69, 9.17) is 14.2 Å². The van der Waals surface area contributed by atoms with Gasteiger partial charge < -0.3 is 19.3 Å². The number of ketones is 1. The van der Waals surface area contributed by atoms with Crippen LogP contribution in [0.2, 0.25) is 0 Å². The topological polar surface area (TPSA) is 85.3 Å². The van der Waals surface area contributed by atoms with Crippen LogP contribution in [-0.2, 0) is 9.59 Å². The Bertz CT molecular complexity index is 1350. The minimum Gasteiger partial charge on any atom is -0.507 e. The standard InChI is InChI=1S/C29H31NO6S/c1-16(2)15-36-23-8-7-19(11-18(23)4)26(31)24-25(28-17(3)9-10-37-28)30(29(33)27(24)32)20-12-21(34-5)14-22(13-20)35-6/h7-14,16,25,31H,15H2,1-6H3/b26-24-. The summed E-state index contributed by atoms with van der Waals surface area (Å²) in [5, 5.41) is 13.4. The van der Waals surface area contributed by atoms with Gasteiger partial charge in [0.15, 0.2) is 0 Å². The largest absolute Gasteiger partial charge is 0.507 e. The van der Waals surface area contributed by atoms with Crippen molar-refractivity contribution in [3.63, 3.8) is 0 Å². The number of hydrogen-bond acceptors (Lipinski definition) is 7. The van der Waals surface area contributed by atoms with Crippen molar-refractivity contribution in [1.29, 1.82) is 0 Å². The number of benzene rings is 2. The van der Waals surface area contributed by atoms with Gasteiger partial charge in [0.25, 0.3) is 11.7 Å². The molecule has 37 heavy (non-hydrogen) atoms. The Morgan fingerprint density at radius 2 is 1.68 bits per heavy atom. The second-order valence-corrected chi connectivity index (χ2v) is 10.3. The van der Waals surface area contributed by atoms with Crippen molar-refractivity contribution < 1.29 is 28.9 Å². The highest BCUT2D eigenvalue weighted by Crippen LogP contribution is 2.46. The van der Waals surface area contributed by atoms with Crippen LogP contribution >= 0.6 is 11.3 Å². The Morgan fingerprint density at radius 1 is 1.00 bits per heavy atom. The quantitative estimate of drug-likeness (QED) is 0.221. The first kappa shape index (κ1) is 26.3. The van der Waals surface area contributed by atoms with Crippen LogP contribution in [0.1, 0.15) is 41.5 Å². The van der Waals surface area contributed by atoms with Gasteiger partial charge in [0.2, 0.25) is 0 Å². The van der Waals surface area contributed by atoms with E-state index in [1.54, 1.807) is 36.4 Å². The van der Waals surface area contributed by atoms with Crippen LogP contribution in [0.4, 0.5) is 5.69 Å². The van der Waals surface area contributed by atoms with Crippen molar-refractivity contribution >= 4 is 34.5 Å². The predicted molar refractivity (Wildman–Crippen MR) is 145 cm³/mol. The number of aryl methyl sites for hydroxylation is 2. The van der Waals surface area contributed by atoms with Crippen molar-refractivity contribution in [3.8, 4) is 17.2 Å². The Balaban J connectivity index is 1.87. The average molecular weight is 522 g/mol. The van der Waals surface area contributed by atoms with E-state index >= 15 is 0 Å². The number of anilines is 1. The molecule has 0 spiro atoms. The minimum atomic E-state index is -0.811. The maximum Gasteiger partial charge on any atom is 0.300 e. The maximum absolute atomic E-state index is 13.5. The highest BCUT2D eigenvalue weighted by Gasteiger charge is 2.48. The van der Waals surface area contributed by atoms with E-state index in [0.29, 0.717) is 41.0 Å². The van der Waals surface area contributed by atoms with Crippen molar-refractivity contribution in [3.05, 3.63) is 75.0 Å². The molecule has 1 N–H and O–H groups in total. The van der Waals surface area contributed by atoms with Crippen molar-refractivity contribution in [2.45, 2.75) is 33.7 Å². The maximum atomic E-state index is 13.5. The van der Waals surface area contributed by atoms with E-state index in [1.165, 1.54) is 30.5 Å². The van der Waals surface area contributed by atoms with Gasteiger partial charge in [-0.2, -0.15) is 0 Å². The lowest BCUT2D eigenvalue weighted by molar-refractivity contribution is -0.132. The first-order valence-corrected chi connectivity index (χ1v) is 12.9. The van der Waals surface area contributed by atoms with Crippen LogP contribution in [0.15, 0.2) is 53.4 Å². The summed E-state index contributed by atoms with van der Waals surface area (Å²) < 4.78 is 16.7. The zero-order valence-corrected chi connectivity index (χ0v) is 22.6. The normalized spacial score (nSPS) is 16.9. The van der Waals surface area contributed by atoms with Crippen LogP contribution in [-0.4, -0.2) is 37.6 Å². The van der Waals surface area contributed by atoms with E-state index in [-0.39, 0.29) is 11.3 Å². The number of ether oxygens (including phenoxy) is 3. The molecule has 1 aromatic heterocycles. The molecule has 1 amide bonds. The Kier molecular flexibility index (Phi) is 7.59. The van der Waals surface area contributed by atoms with Gasteiger partial charge in [-0.1, -0.05) is 13.8 Å². The SMILES string of the molecule is COc1cc(OC)cc(N2C(=O)C(=O)/C(=C(\O)c3ccc(OCC(C)C)c(C)c3)C2c2sccc2C)c1. The summed E-state index contributed by atoms with van der Waals surface area (Å²) in [6.07, 6.45) is 0. The summed E-state index contributed by atoms with van der Waals surface area (Å²) in [5.74, 6) is 0.314. The number of aliphatic hydroxyl groups excluding tert-OH is 1. The van der Waals surface area contributed by atoms with Gasteiger partial charge in [-0.25, -0.2) is 0 Å². The third-order valence-corrected chi connectivity index (χ3v) is 7.30. The molecule has 194 valence electrons. The number of rotatable bonds is 8. The monoisotopic (exact) mass is 521 g/mol. The molecular formula is C29H31NO6S. The lowest BCUT2D eigenvalue weighted by atomic mass is 9.97. The van der Waals surface area contributed by atoms with E-state index < -0.39 is 17.7 Å². The fraction of sp³-hybridized carbons (Fsp3) is 0.310. The third kappa shape index (κ3) is 5.06. The zero-order valence-electron chi connectivity index (χ0n) is 21.8. The minimum absolute atomic E-state index is 0.0348. The number of carbonyl (C=O) groups excluding carboxylic acids is 2. The average Bonchev–Trinajstić information content (AvgIpc) is 3.42. The fourth-order valence-electron chi connectivity index (χ4n) is 4.31. The smallest absolute Gasteiger partial charge is 0.300 e. The summed E-state index contributed by atoms with van der Waals surface area (Å²) in [5.41, 5.74) is 2.64. The van der Waals surface area contributed by atoms with Gasteiger partial charge in [-0.05, 0) is 60.5 Å². The molecule has 1 atom stereocenters. The van der Waals surface area contributed by atoms with Gasteiger partial charge in [-0.3, -0.25) is 14.5 Å². The molecule has 1 aliphatic heterocycles. The molecule has 1 unspecified atom stereocenters. The van der Waals surface area contributed by atoms with Gasteiger partial charge >= 0.3 is 0 Å². The molecule has 0 saturated carbocycles. The van der Waals surface area contributed by atoms with Crippen molar-refractivity contribution in [2.24, 2.45) is 5.92 Å². The highest BCUT2D eigenvalue weighted by molar-refractivity contribution is 7.10. The van der Waals surface area contributed by atoms with Gasteiger partial charge in [0.05, 0.1) is 32.1 Å². The van der Waals surface area contributed by atoms with Crippen LogP contribution in [0.5, 0.6) is 17.2 Å².